The Morgan fingerprint density at radius 2 is 1.73 bits per heavy atom. The molecular weight excluding hydrogens is 590 g/mol. The number of hydrogen-bond donors (Lipinski definition) is 0. The lowest BCUT2D eigenvalue weighted by molar-refractivity contribution is 0.277. The predicted molar refractivity (Wildman–Crippen MR) is 209 cm³/mol. The molecule has 3 aromatic rings. The Morgan fingerprint density at radius 3 is 2.31 bits per heavy atom. The number of aryl methyl sites for hydroxylation is 1. The number of ether oxygens (including phenoxy) is 1. The second-order valence-electron chi connectivity index (χ2n) is 11.5. The van der Waals surface area contributed by atoms with Gasteiger partial charge in [-0.3, -0.25) is 0 Å². The average Bonchev–Trinajstić information content (AvgIpc) is 3.03. The molecule has 0 aliphatic heterocycles. The third kappa shape index (κ3) is 16.9. The summed E-state index contributed by atoms with van der Waals surface area (Å²) >= 11 is 8.02. The highest BCUT2D eigenvalue weighted by atomic mass is 35.5. The van der Waals surface area contributed by atoms with Crippen molar-refractivity contribution < 1.29 is 4.74 Å². The zero-order chi connectivity index (χ0) is 34.3. The third-order valence-corrected chi connectivity index (χ3v) is 8.65. The average molecular weight is 648 g/mol. The highest BCUT2D eigenvalue weighted by Gasteiger charge is 2.18. The van der Waals surface area contributed by atoms with Crippen molar-refractivity contribution >= 4 is 46.4 Å². The number of nitrogens with zero attached hydrogens (tertiary/aromatic N) is 1. The van der Waals surface area contributed by atoms with Crippen molar-refractivity contribution in [3.8, 4) is 0 Å². The van der Waals surface area contributed by atoms with Gasteiger partial charge in [-0.1, -0.05) is 101 Å². The van der Waals surface area contributed by atoms with Gasteiger partial charge in [0, 0.05) is 24.6 Å². The van der Waals surface area contributed by atoms with E-state index in [4.69, 9.17) is 16.6 Å². The first kappa shape index (κ1) is 42.1. The molecule has 0 spiro atoms. The lowest BCUT2D eigenvalue weighted by Gasteiger charge is -2.25. The Morgan fingerprint density at radius 1 is 1.07 bits per heavy atom. The van der Waals surface area contributed by atoms with Crippen LogP contribution in [-0.2, 0) is 11.2 Å². The van der Waals surface area contributed by atoms with E-state index in [1.165, 1.54) is 34.4 Å². The van der Waals surface area contributed by atoms with Crippen LogP contribution in [0.2, 0.25) is 5.02 Å². The molecule has 0 saturated carbocycles. The van der Waals surface area contributed by atoms with Crippen LogP contribution in [0.1, 0.15) is 77.1 Å². The number of thioether (sulfide) groups is 1. The maximum Gasteiger partial charge on any atom is 0.0724 e. The van der Waals surface area contributed by atoms with E-state index in [0.29, 0.717) is 16.4 Å². The van der Waals surface area contributed by atoms with Gasteiger partial charge in [-0.2, -0.15) is 11.8 Å². The second-order valence-corrected chi connectivity index (χ2v) is 12.8. The molecule has 246 valence electrons. The molecule has 1 atom stereocenters. The van der Waals surface area contributed by atoms with E-state index >= 15 is 0 Å². The van der Waals surface area contributed by atoms with E-state index in [1.807, 2.05) is 42.1 Å². The maximum absolute atomic E-state index is 6.10. The van der Waals surface area contributed by atoms with Gasteiger partial charge in [0.2, 0.25) is 0 Å². The summed E-state index contributed by atoms with van der Waals surface area (Å²) in [5, 5.41) is 1.81. The fraction of sp³-hybridized carbons (Fsp3) is 0.390. The smallest absolute Gasteiger partial charge is 0.0724 e. The number of allylic oxidation sites excluding steroid dienone is 4. The molecule has 4 heteroatoms. The summed E-state index contributed by atoms with van der Waals surface area (Å²) in [7, 11) is 3.25. The molecule has 1 aromatic heterocycles. The lowest BCUT2D eigenvalue weighted by atomic mass is 9.86. The van der Waals surface area contributed by atoms with Crippen molar-refractivity contribution in [3.05, 3.63) is 126 Å². The van der Waals surface area contributed by atoms with Crippen molar-refractivity contribution in [2.45, 2.75) is 66.7 Å². The van der Waals surface area contributed by atoms with Crippen LogP contribution >= 0.6 is 23.4 Å². The number of aromatic nitrogens is 1. The molecule has 45 heavy (non-hydrogen) atoms. The summed E-state index contributed by atoms with van der Waals surface area (Å²) in [6.45, 7) is 25.1. The number of methoxy groups -OCH3 is 1. The van der Waals surface area contributed by atoms with Gasteiger partial charge in [0.15, 0.2) is 0 Å². The van der Waals surface area contributed by atoms with E-state index in [0.717, 1.165) is 42.3 Å². The molecule has 0 aliphatic carbocycles. The second kappa shape index (κ2) is 24.4. The molecular formula is C41H58ClNOS. The maximum atomic E-state index is 6.10. The monoisotopic (exact) mass is 647 g/mol. The zero-order valence-corrected chi connectivity index (χ0v) is 30.9. The van der Waals surface area contributed by atoms with Crippen LogP contribution in [0.3, 0.4) is 0 Å². The number of pyridine rings is 1. The van der Waals surface area contributed by atoms with E-state index < -0.39 is 0 Å². The molecule has 3 rings (SSSR count). The van der Waals surface area contributed by atoms with Gasteiger partial charge in [-0.25, -0.2) is 4.98 Å². The SMILES string of the molecule is C=C.C=C(/C(=C\C)CCCc1cccc(/C=C/c2ccc3ccc(Cl)cc3n2)c1)C(C)C.C=CCC(C)(CC)CSC.COC. The fourth-order valence-electron chi connectivity index (χ4n) is 4.58. The van der Waals surface area contributed by atoms with Crippen LogP contribution in [0.4, 0.5) is 0 Å². The molecule has 2 aromatic carbocycles. The van der Waals surface area contributed by atoms with Crippen LogP contribution in [0.25, 0.3) is 23.1 Å². The quantitative estimate of drug-likeness (QED) is 0.136. The van der Waals surface area contributed by atoms with Gasteiger partial charge in [0.1, 0.15) is 0 Å². The molecule has 0 fully saturated rings. The summed E-state index contributed by atoms with van der Waals surface area (Å²) < 4.78 is 4.25. The van der Waals surface area contributed by atoms with E-state index in [2.05, 4.69) is 120 Å². The minimum absolute atomic E-state index is 0.487. The summed E-state index contributed by atoms with van der Waals surface area (Å²) in [6, 6.07) is 18.7. The zero-order valence-electron chi connectivity index (χ0n) is 29.3. The first-order valence-electron chi connectivity index (χ1n) is 15.7. The molecule has 1 heterocycles. The Kier molecular flexibility index (Phi) is 22.8. The third-order valence-electron chi connectivity index (χ3n) is 7.43. The number of fused-ring (bicyclic) bond motifs is 1. The van der Waals surface area contributed by atoms with E-state index in [-0.39, 0.29) is 0 Å². The van der Waals surface area contributed by atoms with Gasteiger partial charge < -0.3 is 4.74 Å². The van der Waals surface area contributed by atoms with Crippen LogP contribution in [0.5, 0.6) is 0 Å². The van der Waals surface area contributed by atoms with Gasteiger partial charge in [-0.05, 0) is 109 Å². The minimum Gasteiger partial charge on any atom is -0.388 e. The topological polar surface area (TPSA) is 22.1 Å². The molecule has 0 bridgehead atoms. The predicted octanol–water partition coefficient (Wildman–Crippen LogP) is 12.9. The van der Waals surface area contributed by atoms with Gasteiger partial charge >= 0.3 is 0 Å². The molecule has 0 aliphatic rings. The van der Waals surface area contributed by atoms with E-state index in [1.54, 1.807) is 14.2 Å². The summed E-state index contributed by atoms with van der Waals surface area (Å²) in [6.07, 6.45) is 16.3. The Labute approximate surface area is 285 Å². The molecule has 0 N–H and O–H groups in total. The number of hydrogen-bond acceptors (Lipinski definition) is 3. The fourth-order valence-corrected chi connectivity index (χ4v) is 5.76. The van der Waals surface area contributed by atoms with Crippen LogP contribution in [0, 0.1) is 11.3 Å². The normalized spacial score (nSPS) is 12.3. The molecule has 1 unspecified atom stereocenters. The lowest BCUT2D eigenvalue weighted by Crippen LogP contribution is -2.16. The molecule has 0 radical (unpaired) electrons. The van der Waals surface area contributed by atoms with Crippen molar-refractivity contribution in [1.29, 1.82) is 0 Å². The van der Waals surface area contributed by atoms with Crippen LogP contribution < -0.4 is 0 Å². The Bertz CT molecular complexity index is 1340. The van der Waals surface area contributed by atoms with Crippen molar-refractivity contribution in [2.24, 2.45) is 11.3 Å². The molecule has 0 saturated heterocycles. The van der Waals surface area contributed by atoms with Crippen molar-refractivity contribution in [2.75, 3.05) is 26.2 Å². The first-order valence-corrected chi connectivity index (χ1v) is 17.5. The number of benzene rings is 2. The Balaban J connectivity index is 0.00000108. The molecule has 0 amide bonds. The first-order chi connectivity index (χ1) is 21.6. The summed E-state index contributed by atoms with van der Waals surface area (Å²) in [5.41, 5.74) is 7.55. The highest BCUT2D eigenvalue weighted by Crippen LogP contribution is 2.29. The Hall–Kier alpha value is -2.85. The van der Waals surface area contributed by atoms with Crippen molar-refractivity contribution in [1.82, 2.24) is 4.98 Å². The highest BCUT2D eigenvalue weighted by molar-refractivity contribution is 7.98. The molecule has 2 nitrogen and oxygen atoms in total. The van der Waals surface area contributed by atoms with Gasteiger partial charge in [-0.15, -0.1) is 19.7 Å². The van der Waals surface area contributed by atoms with Crippen molar-refractivity contribution in [3.63, 3.8) is 0 Å². The number of halogens is 1. The standard InChI is InChI=1S/C28H30ClN.C9H18S.C2H6O.C2H4/c1-5-24(21(4)20(2)3)11-7-10-22-8-6-9-23(18-22)12-16-27-17-14-25-13-15-26(29)19-28(25)30-27;1-5-7-9(3,6-2)8-10-4;1-3-2;1-2/h5-6,8-9,12-20H,4,7,10-11H2,1-3H3;5H,1,6-8H2,2-4H3;1-2H3;1-2H2/b16-12+,24-5-;;;. The van der Waals surface area contributed by atoms with E-state index in [9.17, 15) is 0 Å². The van der Waals surface area contributed by atoms with Crippen LogP contribution in [-0.4, -0.2) is 31.2 Å². The summed E-state index contributed by atoms with van der Waals surface area (Å²) in [5.74, 6) is 1.75. The van der Waals surface area contributed by atoms with Gasteiger partial charge in [0.05, 0.1) is 11.2 Å². The minimum atomic E-state index is 0.487. The van der Waals surface area contributed by atoms with Gasteiger partial charge in [0.25, 0.3) is 0 Å². The largest absolute Gasteiger partial charge is 0.388 e. The summed E-state index contributed by atoms with van der Waals surface area (Å²) in [4.78, 5) is 4.70. The van der Waals surface area contributed by atoms with Crippen LogP contribution in [0.15, 0.2) is 104 Å². The number of rotatable bonds is 13.